The first-order valence-corrected chi connectivity index (χ1v) is 9.22. The lowest BCUT2D eigenvalue weighted by atomic mass is 10.1. The Morgan fingerprint density at radius 2 is 1.97 bits per heavy atom. The highest BCUT2D eigenvalue weighted by molar-refractivity contribution is 5.92. The van der Waals surface area contributed by atoms with Crippen molar-refractivity contribution >= 4 is 22.9 Å². The normalized spacial score (nSPS) is 11.0. The average molecular weight is 393 g/mol. The lowest BCUT2D eigenvalue weighted by Crippen LogP contribution is -2.30. The van der Waals surface area contributed by atoms with E-state index in [1.54, 1.807) is 55.5 Å². The van der Waals surface area contributed by atoms with Crippen LogP contribution in [0.3, 0.4) is 0 Å². The molecule has 0 saturated carbocycles. The number of H-pyrrole nitrogens is 1. The SMILES string of the molecule is CCN(Cc1nc2ccccc2c(=O)[nH]1)C(=O)C=Cc1ccc(OC)cc1OC. The van der Waals surface area contributed by atoms with Gasteiger partial charge in [-0.3, -0.25) is 9.59 Å². The number of aromatic nitrogens is 2. The molecular weight excluding hydrogens is 370 g/mol. The first kappa shape index (κ1) is 20.1. The zero-order valence-electron chi connectivity index (χ0n) is 16.6. The zero-order valence-corrected chi connectivity index (χ0v) is 16.6. The number of ether oxygens (including phenoxy) is 2. The van der Waals surface area contributed by atoms with Crippen LogP contribution in [-0.2, 0) is 11.3 Å². The highest BCUT2D eigenvalue weighted by Crippen LogP contribution is 2.25. The summed E-state index contributed by atoms with van der Waals surface area (Å²) < 4.78 is 10.5. The standard InChI is InChI=1S/C22H23N3O4/c1-4-25(14-20-23-18-8-6-5-7-17(18)22(27)24-20)21(26)12-10-15-9-11-16(28-2)13-19(15)29-3/h5-13H,4,14H2,1-3H3,(H,23,24,27). The number of fused-ring (bicyclic) bond motifs is 1. The van der Waals surface area contributed by atoms with Gasteiger partial charge in [0.05, 0.1) is 31.7 Å². The van der Waals surface area contributed by atoms with Crippen molar-refractivity contribution in [2.24, 2.45) is 0 Å². The number of carbonyl (C=O) groups is 1. The third kappa shape index (κ3) is 4.63. The van der Waals surface area contributed by atoms with Crippen molar-refractivity contribution in [2.75, 3.05) is 20.8 Å². The maximum Gasteiger partial charge on any atom is 0.258 e. The van der Waals surface area contributed by atoms with Crippen LogP contribution < -0.4 is 15.0 Å². The van der Waals surface area contributed by atoms with Gasteiger partial charge < -0.3 is 19.4 Å². The van der Waals surface area contributed by atoms with E-state index in [0.29, 0.717) is 34.8 Å². The summed E-state index contributed by atoms with van der Waals surface area (Å²) in [6.07, 6.45) is 3.17. The summed E-state index contributed by atoms with van der Waals surface area (Å²) in [7, 11) is 3.14. The summed E-state index contributed by atoms with van der Waals surface area (Å²) in [5.41, 5.74) is 1.15. The van der Waals surface area contributed by atoms with Crippen LogP contribution in [0.4, 0.5) is 0 Å². The van der Waals surface area contributed by atoms with Crippen molar-refractivity contribution in [3.8, 4) is 11.5 Å². The Hall–Kier alpha value is -3.61. The van der Waals surface area contributed by atoms with E-state index in [4.69, 9.17) is 9.47 Å². The molecule has 0 aliphatic rings. The summed E-state index contributed by atoms with van der Waals surface area (Å²) in [4.78, 5) is 33.7. The lowest BCUT2D eigenvalue weighted by Gasteiger charge is -2.18. The molecule has 150 valence electrons. The predicted octanol–water partition coefficient (Wildman–Crippen LogP) is 3.00. The number of nitrogens with one attached hydrogen (secondary N) is 1. The number of aromatic amines is 1. The minimum absolute atomic E-state index is 0.193. The molecule has 1 N–H and O–H groups in total. The summed E-state index contributed by atoms with van der Waals surface area (Å²) >= 11 is 0. The monoisotopic (exact) mass is 393 g/mol. The van der Waals surface area contributed by atoms with Gasteiger partial charge in [0.1, 0.15) is 17.3 Å². The van der Waals surface area contributed by atoms with Crippen molar-refractivity contribution in [2.45, 2.75) is 13.5 Å². The number of nitrogens with zero attached hydrogens (tertiary/aromatic N) is 2. The molecule has 1 amide bonds. The molecule has 1 aromatic heterocycles. The van der Waals surface area contributed by atoms with Crippen LogP contribution in [0, 0.1) is 0 Å². The lowest BCUT2D eigenvalue weighted by molar-refractivity contribution is -0.126. The second kappa shape index (κ2) is 9.05. The van der Waals surface area contributed by atoms with Crippen molar-refractivity contribution in [3.05, 3.63) is 70.3 Å². The van der Waals surface area contributed by atoms with Crippen LogP contribution in [0.25, 0.3) is 17.0 Å². The second-order valence-electron chi connectivity index (χ2n) is 6.32. The topological polar surface area (TPSA) is 84.5 Å². The number of para-hydroxylation sites is 1. The van der Waals surface area contributed by atoms with Gasteiger partial charge in [0.2, 0.25) is 5.91 Å². The highest BCUT2D eigenvalue weighted by atomic mass is 16.5. The van der Waals surface area contributed by atoms with E-state index in [-0.39, 0.29) is 18.0 Å². The molecule has 7 nitrogen and oxygen atoms in total. The smallest absolute Gasteiger partial charge is 0.258 e. The quantitative estimate of drug-likeness (QED) is 0.624. The predicted molar refractivity (Wildman–Crippen MR) is 112 cm³/mol. The fourth-order valence-electron chi connectivity index (χ4n) is 2.96. The molecule has 0 bridgehead atoms. The van der Waals surface area contributed by atoms with Gasteiger partial charge in [-0.25, -0.2) is 4.98 Å². The average Bonchev–Trinajstić information content (AvgIpc) is 2.75. The number of methoxy groups -OCH3 is 2. The van der Waals surface area contributed by atoms with Crippen LogP contribution in [0.1, 0.15) is 18.3 Å². The summed E-state index contributed by atoms with van der Waals surface area (Å²) in [5.74, 6) is 1.53. The van der Waals surface area contributed by atoms with E-state index in [0.717, 1.165) is 5.56 Å². The number of amides is 1. The van der Waals surface area contributed by atoms with Gasteiger partial charge in [0.25, 0.3) is 5.56 Å². The van der Waals surface area contributed by atoms with Gasteiger partial charge >= 0.3 is 0 Å². The van der Waals surface area contributed by atoms with Crippen LogP contribution in [0.15, 0.2) is 53.3 Å². The van der Waals surface area contributed by atoms with Crippen LogP contribution in [0.2, 0.25) is 0 Å². The van der Waals surface area contributed by atoms with E-state index in [2.05, 4.69) is 9.97 Å². The largest absolute Gasteiger partial charge is 0.497 e. The van der Waals surface area contributed by atoms with Gasteiger partial charge in [-0.1, -0.05) is 12.1 Å². The number of benzene rings is 2. The van der Waals surface area contributed by atoms with E-state index in [1.807, 2.05) is 19.1 Å². The fourth-order valence-corrected chi connectivity index (χ4v) is 2.96. The molecule has 1 heterocycles. The number of hydrogen-bond acceptors (Lipinski definition) is 5. The molecule has 3 rings (SSSR count). The van der Waals surface area contributed by atoms with E-state index < -0.39 is 0 Å². The van der Waals surface area contributed by atoms with Gasteiger partial charge in [0.15, 0.2) is 0 Å². The molecule has 3 aromatic rings. The molecule has 2 aromatic carbocycles. The molecule has 29 heavy (non-hydrogen) atoms. The molecular formula is C22H23N3O4. The Bertz CT molecular complexity index is 1100. The maximum atomic E-state index is 12.7. The van der Waals surface area contributed by atoms with Gasteiger partial charge in [-0.2, -0.15) is 0 Å². The van der Waals surface area contributed by atoms with E-state index in [1.165, 1.54) is 6.08 Å². The molecule has 0 aliphatic carbocycles. The molecule has 0 unspecified atom stereocenters. The Morgan fingerprint density at radius 1 is 1.17 bits per heavy atom. The van der Waals surface area contributed by atoms with Crippen molar-refractivity contribution < 1.29 is 14.3 Å². The fraction of sp³-hybridized carbons (Fsp3) is 0.227. The first-order valence-electron chi connectivity index (χ1n) is 9.22. The van der Waals surface area contributed by atoms with E-state index in [9.17, 15) is 9.59 Å². The number of likely N-dealkylation sites (N-methyl/N-ethyl adjacent to an activating group) is 1. The molecule has 0 fully saturated rings. The van der Waals surface area contributed by atoms with Gasteiger partial charge in [0, 0.05) is 24.3 Å². The van der Waals surface area contributed by atoms with E-state index >= 15 is 0 Å². The van der Waals surface area contributed by atoms with Crippen LogP contribution in [-0.4, -0.2) is 41.5 Å². The summed E-state index contributed by atoms with van der Waals surface area (Å²) in [5, 5.41) is 0.525. The molecule has 0 atom stereocenters. The molecule has 0 saturated heterocycles. The number of hydrogen-bond donors (Lipinski definition) is 1. The first-order chi connectivity index (χ1) is 14.0. The summed E-state index contributed by atoms with van der Waals surface area (Å²) in [6, 6.07) is 12.5. The van der Waals surface area contributed by atoms with Crippen molar-refractivity contribution in [1.82, 2.24) is 14.9 Å². The molecule has 7 heteroatoms. The van der Waals surface area contributed by atoms with Crippen molar-refractivity contribution in [1.29, 1.82) is 0 Å². The molecule has 0 radical (unpaired) electrons. The second-order valence-corrected chi connectivity index (χ2v) is 6.32. The van der Waals surface area contributed by atoms with Crippen molar-refractivity contribution in [3.63, 3.8) is 0 Å². The molecule has 0 spiro atoms. The molecule has 0 aliphatic heterocycles. The Balaban J connectivity index is 1.79. The Morgan fingerprint density at radius 3 is 2.69 bits per heavy atom. The van der Waals surface area contributed by atoms with Gasteiger partial charge in [-0.15, -0.1) is 0 Å². The maximum absolute atomic E-state index is 12.7. The summed E-state index contributed by atoms with van der Waals surface area (Å²) in [6.45, 7) is 2.55. The minimum atomic E-state index is -0.215. The van der Waals surface area contributed by atoms with Crippen LogP contribution >= 0.6 is 0 Å². The minimum Gasteiger partial charge on any atom is -0.497 e. The zero-order chi connectivity index (χ0) is 20.8. The number of carbonyl (C=O) groups excluding carboxylic acids is 1. The number of rotatable bonds is 7. The third-order valence-electron chi connectivity index (χ3n) is 4.54. The Labute approximate surface area is 168 Å². The van der Waals surface area contributed by atoms with Crippen LogP contribution in [0.5, 0.6) is 11.5 Å². The van der Waals surface area contributed by atoms with Gasteiger partial charge in [-0.05, 0) is 37.3 Å². The highest BCUT2D eigenvalue weighted by Gasteiger charge is 2.12. The Kier molecular flexibility index (Phi) is 6.29. The third-order valence-corrected chi connectivity index (χ3v) is 4.54.